The molecule has 3 nitrogen and oxygen atoms in total. The van der Waals surface area contributed by atoms with Gasteiger partial charge < -0.3 is 0 Å². The van der Waals surface area contributed by atoms with Crippen LogP contribution in [0.25, 0.3) is 11.0 Å². The molecule has 0 fully saturated rings. The molecule has 0 saturated carbocycles. The first kappa shape index (κ1) is 7.39. The Labute approximate surface area is 79.9 Å². The average molecular weight is 251 g/mol. The van der Waals surface area contributed by atoms with Gasteiger partial charge in [0.05, 0.1) is 16.2 Å². The number of pyridine rings is 1. The van der Waals surface area contributed by atoms with Crippen LogP contribution < -0.4 is 0 Å². The van der Waals surface area contributed by atoms with Gasteiger partial charge in [-0.15, -0.1) is 0 Å². The number of fused-ring (bicyclic) bond motifs is 1. The van der Waals surface area contributed by atoms with Crippen molar-refractivity contribution in [2.75, 3.05) is 0 Å². The summed E-state index contributed by atoms with van der Waals surface area (Å²) in [5.41, 5.74) is 1.43. The molecule has 2 rings (SSSR count). The molecule has 56 valence electrons. The van der Waals surface area contributed by atoms with Gasteiger partial charge in [-0.25, -0.2) is 4.98 Å². The lowest BCUT2D eigenvalue weighted by Gasteiger charge is -1.90. The second-order valence-electron chi connectivity index (χ2n) is 1.86. The average Bonchev–Trinajstić information content (AvgIpc) is 2.45. The highest BCUT2D eigenvalue weighted by Gasteiger charge is 2.07. The van der Waals surface area contributed by atoms with Crippen molar-refractivity contribution in [3.05, 3.63) is 15.8 Å². The largest absolute Gasteiger partial charge is 0.241 e. The molecular weight excluding hydrogens is 250 g/mol. The molecule has 0 saturated heterocycles. The molecular formula is C5HBrClN3S. The van der Waals surface area contributed by atoms with Crippen LogP contribution in [0, 0.1) is 0 Å². The number of hydrogen-bond donors (Lipinski definition) is 0. The molecule has 0 aliphatic heterocycles. The fraction of sp³-hybridized carbons (Fsp3) is 0. The molecule has 0 unspecified atom stereocenters. The van der Waals surface area contributed by atoms with Gasteiger partial charge in [-0.1, -0.05) is 11.6 Å². The van der Waals surface area contributed by atoms with E-state index in [0.29, 0.717) is 10.7 Å². The Balaban J connectivity index is 2.96. The van der Waals surface area contributed by atoms with Crippen LogP contribution in [-0.2, 0) is 0 Å². The van der Waals surface area contributed by atoms with Gasteiger partial charge in [0, 0.05) is 6.20 Å². The van der Waals surface area contributed by atoms with Crippen LogP contribution in [0.3, 0.4) is 0 Å². The van der Waals surface area contributed by atoms with E-state index in [2.05, 4.69) is 29.7 Å². The highest BCUT2D eigenvalue weighted by molar-refractivity contribution is 9.10. The van der Waals surface area contributed by atoms with Crippen molar-refractivity contribution in [1.29, 1.82) is 0 Å². The minimum atomic E-state index is 0.400. The van der Waals surface area contributed by atoms with E-state index in [0.717, 1.165) is 21.7 Å². The zero-order valence-electron chi connectivity index (χ0n) is 5.08. The van der Waals surface area contributed by atoms with Gasteiger partial charge >= 0.3 is 0 Å². The first-order valence-corrected chi connectivity index (χ1v) is 4.61. The third-order valence-electron chi connectivity index (χ3n) is 1.20. The zero-order chi connectivity index (χ0) is 7.84. The number of aromatic nitrogens is 3. The first-order valence-electron chi connectivity index (χ1n) is 2.71. The van der Waals surface area contributed by atoms with Gasteiger partial charge in [-0.05, 0) is 15.9 Å². The maximum atomic E-state index is 5.74. The highest BCUT2D eigenvalue weighted by atomic mass is 79.9. The monoisotopic (exact) mass is 249 g/mol. The minimum absolute atomic E-state index is 0.400. The SMILES string of the molecule is Clc1ncc(Br)c2nsnc12. The summed E-state index contributed by atoms with van der Waals surface area (Å²) in [5, 5.41) is 0.400. The Kier molecular flexibility index (Phi) is 1.78. The number of halogens is 2. The van der Waals surface area contributed by atoms with Gasteiger partial charge in [0.25, 0.3) is 0 Å². The van der Waals surface area contributed by atoms with E-state index < -0.39 is 0 Å². The van der Waals surface area contributed by atoms with Crippen LogP contribution in [0.4, 0.5) is 0 Å². The molecule has 0 bridgehead atoms. The fourth-order valence-electron chi connectivity index (χ4n) is 0.716. The van der Waals surface area contributed by atoms with Crippen molar-refractivity contribution in [2.24, 2.45) is 0 Å². The normalized spacial score (nSPS) is 10.7. The standard InChI is InChI=1S/C5HBrClN3S/c6-2-1-8-5(7)4-3(2)9-11-10-4/h1H. The summed E-state index contributed by atoms with van der Waals surface area (Å²) < 4.78 is 8.85. The third-order valence-corrected chi connectivity index (χ3v) is 2.59. The number of rotatable bonds is 0. The quantitative estimate of drug-likeness (QED) is 0.674. The highest BCUT2D eigenvalue weighted by Crippen LogP contribution is 2.25. The van der Waals surface area contributed by atoms with Crippen molar-refractivity contribution in [2.45, 2.75) is 0 Å². The van der Waals surface area contributed by atoms with Gasteiger partial charge in [-0.3, -0.25) is 0 Å². The van der Waals surface area contributed by atoms with E-state index in [-0.39, 0.29) is 0 Å². The van der Waals surface area contributed by atoms with Crippen LogP contribution in [0.1, 0.15) is 0 Å². The third kappa shape index (κ3) is 1.13. The molecule has 2 aromatic rings. The zero-order valence-corrected chi connectivity index (χ0v) is 8.24. The molecule has 0 N–H and O–H groups in total. The van der Waals surface area contributed by atoms with Gasteiger partial charge in [0.2, 0.25) is 0 Å². The Morgan fingerprint density at radius 2 is 2.09 bits per heavy atom. The molecule has 0 amide bonds. The minimum Gasteiger partial charge on any atom is -0.241 e. The molecule has 0 aromatic carbocycles. The summed E-state index contributed by atoms with van der Waals surface area (Å²) in [7, 11) is 0. The lowest BCUT2D eigenvalue weighted by Crippen LogP contribution is -1.78. The second kappa shape index (κ2) is 2.66. The molecule has 0 aliphatic rings. The van der Waals surface area contributed by atoms with Gasteiger partial charge in [0.1, 0.15) is 11.0 Å². The van der Waals surface area contributed by atoms with Crippen LogP contribution in [-0.4, -0.2) is 13.7 Å². The molecule has 6 heteroatoms. The summed E-state index contributed by atoms with van der Waals surface area (Å²) >= 11 is 10.2. The smallest absolute Gasteiger partial charge is 0.158 e. The van der Waals surface area contributed by atoms with Crippen molar-refractivity contribution in [3.8, 4) is 0 Å². The predicted octanol–water partition coefficient (Wildman–Crippen LogP) is 2.50. The van der Waals surface area contributed by atoms with Gasteiger partial charge in [-0.2, -0.15) is 8.75 Å². The van der Waals surface area contributed by atoms with Crippen molar-refractivity contribution in [3.63, 3.8) is 0 Å². The molecule has 2 heterocycles. The molecule has 11 heavy (non-hydrogen) atoms. The van der Waals surface area contributed by atoms with Crippen LogP contribution in [0.15, 0.2) is 10.7 Å². The summed E-state index contributed by atoms with van der Waals surface area (Å²) in [5.74, 6) is 0. The van der Waals surface area contributed by atoms with E-state index in [1.807, 2.05) is 0 Å². The molecule has 0 aliphatic carbocycles. The maximum absolute atomic E-state index is 5.74. The molecule has 2 aromatic heterocycles. The lowest BCUT2D eigenvalue weighted by atomic mass is 10.4. The van der Waals surface area contributed by atoms with E-state index in [1.165, 1.54) is 0 Å². The molecule has 0 atom stereocenters. The predicted molar refractivity (Wildman–Crippen MR) is 47.9 cm³/mol. The van der Waals surface area contributed by atoms with E-state index in [9.17, 15) is 0 Å². The number of hydrogen-bond acceptors (Lipinski definition) is 4. The van der Waals surface area contributed by atoms with Crippen molar-refractivity contribution in [1.82, 2.24) is 13.7 Å². The van der Waals surface area contributed by atoms with Crippen LogP contribution in [0.2, 0.25) is 5.15 Å². The molecule has 0 spiro atoms. The van der Waals surface area contributed by atoms with Crippen molar-refractivity contribution >= 4 is 50.3 Å². The first-order chi connectivity index (χ1) is 5.29. The maximum Gasteiger partial charge on any atom is 0.158 e. The summed E-state index contributed by atoms with van der Waals surface area (Å²) in [6.07, 6.45) is 1.62. The summed E-state index contributed by atoms with van der Waals surface area (Å²) in [6.45, 7) is 0. The Morgan fingerprint density at radius 3 is 2.82 bits per heavy atom. The van der Waals surface area contributed by atoms with Crippen LogP contribution in [0.5, 0.6) is 0 Å². The van der Waals surface area contributed by atoms with E-state index >= 15 is 0 Å². The van der Waals surface area contributed by atoms with Crippen molar-refractivity contribution < 1.29 is 0 Å². The summed E-state index contributed by atoms with van der Waals surface area (Å²) in [6, 6.07) is 0. The van der Waals surface area contributed by atoms with Crippen LogP contribution >= 0.6 is 39.3 Å². The Hall–Kier alpha value is -0.260. The Bertz CT molecular complexity index is 366. The number of nitrogens with zero attached hydrogens (tertiary/aromatic N) is 3. The van der Waals surface area contributed by atoms with E-state index in [1.54, 1.807) is 6.20 Å². The Morgan fingerprint density at radius 1 is 1.36 bits per heavy atom. The molecule has 0 radical (unpaired) electrons. The topological polar surface area (TPSA) is 38.7 Å². The summed E-state index contributed by atoms with van der Waals surface area (Å²) in [4.78, 5) is 3.90. The fourth-order valence-corrected chi connectivity index (χ4v) is 2.00. The second-order valence-corrected chi connectivity index (χ2v) is 3.60. The van der Waals surface area contributed by atoms with E-state index in [4.69, 9.17) is 11.6 Å². The van der Waals surface area contributed by atoms with Gasteiger partial charge in [0.15, 0.2) is 5.15 Å². The lowest BCUT2D eigenvalue weighted by molar-refractivity contribution is 1.33.